The number of halogens is 1. The van der Waals surface area contributed by atoms with E-state index in [1.165, 1.54) is 0 Å². The lowest BCUT2D eigenvalue weighted by atomic mass is 10.1. The van der Waals surface area contributed by atoms with Gasteiger partial charge >= 0.3 is 0 Å². The van der Waals surface area contributed by atoms with Crippen molar-refractivity contribution in [1.82, 2.24) is 14.8 Å². The van der Waals surface area contributed by atoms with Crippen LogP contribution in [-0.4, -0.2) is 28.0 Å². The van der Waals surface area contributed by atoms with Crippen LogP contribution in [0.4, 0.5) is 0 Å². The van der Waals surface area contributed by atoms with Gasteiger partial charge in [-0.15, -0.1) is 10.2 Å². The number of ether oxygens (including phenoxy) is 1. The van der Waals surface area contributed by atoms with Crippen LogP contribution in [0.25, 0.3) is 0 Å². The number of hydrogen-bond acceptors (Lipinski definition) is 3. The molecule has 0 amide bonds. The average molecular weight is 304 g/mol. The van der Waals surface area contributed by atoms with E-state index in [1.807, 2.05) is 0 Å². The second kappa shape index (κ2) is 6.50. The lowest BCUT2D eigenvalue weighted by Gasteiger charge is -2.24. The van der Waals surface area contributed by atoms with Crippen molar-refractivity contribution >= 4 is 15.9 Å². The smallest absolute Gasteiger partial charge is 0.144 e. The minimum atomic E-state index is 0.00664. The molecule has 0 aliphatic rings. The van der Waals surface area contributed by atoms with E-state index in [2.05, 4.69) is 58.4 Å². The van der Waals surface area contributed by atoms with Gasteiger partial charge in [0, 0.05) is 18.6 Å². The molecule has 0 bridgehead atoms. The molecular formula is C12H22BrN3O. The van der Waals surface area contributed by atoms with Crippen molar-refractivity contribution in [2.24, 2.45) is 0 Å². The molecule has 1 aromatic rings. The molecule has 0 spiro atoms. The molecule has 1 rings (SSSR count). The van der Waals surface area contributed by atoms with E-state index in [4.69, 9.17) is 4.74 Å². The second-order valence-corrected chi connectivity index (χ2v) is 5.60. The van der Waals surface area contributed by atoms with E-state index in [-0.39, 0.29) is 5.54 Å². The Morgan fingerprint density at radius 2 is 1.82 bits per heavy atom. The van der Waals surface area contributed by atoms with Crippen LogP contribution in [0.1, 0.15) is 45.8 Å². The first-order valence-corrected chi connectivity index (χ1v) is 7.20. The van der Waals surface area contributed by atoms with Crippen LogP contribution < -0.4 is 0 Å². The van der Waals surface area contributed by atoms with Gasteiger partial charge in [0.05, 0.1) is 11.9 Å². The molecule has 4 nitrogen and oxygen atoms in total. The Morgan fingerprint density at radius 3 is 2.35 bits per heavy atom. The largest absolute Gasteiger partial charge is 0.381 e. The molecule has 0 aliphatic heterocycles. The highest BCUT2D eigenvalue weighted by molar-refractivity contribution is 9.08. The maximum absolute atomic E-state index is 5.50. The molecule has 0 saturated heterocycles. The highest BCUT2D eigenvalue weighted by atomic mass is 79.9. The van der Waals surface area contributed by atoms with Gasteiger partial charge < -0.3 is 9.30 Å². The first-order chi connectivity index (χ1) is 8.00. The zero-order valence-electron chi connectivity index (χ0n) is 11.2. The maximum atomic E-state index is 5.50. The highest BCUT2D eigenvalue weighted by Gasteiger charge is 2.21. The predicted octanol–water partition coefficient (Wildman–Crippen LogP) is 2.90. The fourth-order valence-corrected chi connectivity index (χ4v) is 2.15. The zero-order chi connectivity index (χ0) is 12.9. The minimum Gasteiger partial charge on any atom is -0.381 e. The van der Waals surface area contributed by atoms with Gasteiger partial charge in [-0.2, -0.15) is 0 Å². The Hall–Kier alpha value is -0.420. The van der Waals surface area contributed by atoms with Crippen molar-refractivity contribution in [1.29, 1.82) is 0 Å². The molecule has 98 valence electrons. The van der Waals surface area contributed by atoms with Crippen molar-refractivity contribution in [2.75, 3.05) is 13.2 Å². The van der Waals surface area contributed by atoms with Crippen molar-refractivity contribution < 1.29 is 4.74 Å². The van der Waals surface area contributed by atoms with Crippen molar-refractivity contribution in [3.63, 3.8) is 0 Å². The molecule has 0 aromatic carbocycles. The van der Waals surface area contributed by atoms with Crippen LogP contribution >= 0.6 is 15.9 Å². The summed E-state index contributed by atoms with van der Waals surface area (Å²) in [6.45, 7) is 10.1. The molecular weight excluding hydrogens is 282 g/mol. The summed E-state index contributed by atoms with van der Waals surface area (Å²) in [6.07, 6.45) is 1.87. The molecule has 17 heavy (non-hydrogen) atoms. The van der Waals surface area contributed by atoms with Crippen molar-refractivity contribution in [3.05, 3.63) is 11.6 Å². The molecule has 0 atom stereocenters. The minimum absolute atomic E-state index is 0.00664. The van der Waals surface area contributed by atoms with E-state index in [1.54, 1.807) is 0 Å². The Morgan fingerprint density at radius 1 is 1.18 bits per heavy atom. The fraction of sp³-hybridized carbons (Fsp3) is 0.833. The molecule has 1 aromatic heterocycles. The summed E-state index contributed by atoms with van der Waals surface area (Å²) in [5, 5.41) is 9.19. The van der Waals surface area contributed by atoms with Crippen LogP contribution in [0, 0.1) is 0 Å². The lowest BCUT2D eigenvalue weighted by Crippen LogP contribution is -2.26. The van der Waals surface area contributed by atoms with Gasteiger partial charge in [-0.3, -0.25) is 0 Å². The highest BCUT2D eigenvalue weighted by Crippen LogP contribution is 2.20. The molecule has 0 aliphatic carbocycles. The van der Waals surface area contributed by atoms with Gasteiger partial charge in [-0.25, -0.2) is 0 Å². The molecule has 0 N–H and O–H groups in total. The number of aromatic nitrogens is 3. The lowest BCUT2D eigenvalue weighted by molar-refractivity contribution is 0.135. The van der Waals surface area contributed by atoms with E-state index in [9.17, 15) is 0 Å². The summed E-state index contributed by atoms with van der Waals surface area (Å²) < 4.78 is 7.70. The third kappa shape index (κ3) is 4.07. The monoisotopic (exact) mass is 303 g/mol. The number of hydrogen-bond donors (Lipinski definition) is 0. The van der Waals surface area contributed by atoms with Crippen LogP contribution in [-0.2, 0) is 22.0 Å². The first kappa shape index (κ1) is 14.6. The Balaban J connectivity index is 2.75. The molecule has 0 unspecified atom stereocenters. The first-order valence-electron chi connectivity index (χ1n) is 6.08. The quantitative estimate of drug-likeness (QED) is 0.599. The van der Waals surface area contributed by atoms with Crippen LogP contribution in [0.2, 0.25) is 0 Å². The van der Waals surface area contributed by atoms with E-state index in [0.717, 1.165) is 36.4 Å². The van der Waals surface area contributed by atoms with Gasteiger partial charge in [0.2, 0.25) is 0 Å². The maximum Gasteiger partial charge on any atom is 0.144 e. The Kier molecular flexibility index (Phi) is 5.59. The van der Waals surface area contributed by atoms with Crippen molar-refractivity contribution in [3.8, 4) is 0 Å². The number of nitrogens with zero attached hydrogens (tertiary/aromatic N) is 3. The zero-order valence-corrected chi connectivity index (χ0v) is 12.7. The summed E-state index contributed by atoms with van der Waals surface area (Å²) in [7, 11) is 0. The average Bonchev–Trinajstić information content (AvgIpc) is 2.67. The molecule has 5 heteroatoms. The molecule has 1 heterocycles. The van der Waals surface area contributed by atoms with Crippen LogP contribution in [0.15, 0.2) is 0 Å². The predicted molar refractivity (Wildman–Crippen MR) is 72.5 cm³/mol. The van der Waals surface area contributed by atoms with Gasteiger partial charge in [-0.05, 0) is 27.2 Å². The van der Waals surface area contributed by atoms with E-state index < -0.39 is 0 Å². The summed E-state index contributed by atoms with van der Waals surface area (Å²) >= 11 is 3.45. The second-order valence-electron chi connectivity index (χ2n) is 5.03. The number of rotatable bonds is 6. The molecule has 0 radical (unpaired) electrons. The topological polar surface area (TPSA) is 39.9 Å². The van der Waals surface area contributed by atoms with Gasteiger partial charge in [0.1, 0.15) is 11.6 Å². The summed E-state index contributed by atoms with van der Waals surface area (Å²) in [4.78, 5) is 0. The van der Waals surface area contributed by atoms with Crippen LogP contribution in [0.5, 0.6) is 0 Å². The van der Waals surface area contributed by atoms with E-state index in [0.29, 0.717) is 6.61 Å². The molecule has 0 saturated carbocycles. The van der Waals surface area contributed by atoms with Gasteiger partial charge in [0.25, 0.3) is 0 Å². The third-order valence-corrected chi connectivity index (χ3v) is 2.91. The third-order valence-electron chi connectivity index (χ3n) is 2.41. The summed E-state index contributed by atoms with van der Waals surface area (Å²) in [5.74, 6) is 1.98. The van der Waals surface area contributed by atoms with E-state index >= 15 is 0 Å². The summed E-state index contributed by atoms with van der Waals surface area (Å²) in [5.41, 5.74) is 0.00664. The van der Waals surface area contributed by atoms with Crippen molar-refractivity contribution in [2.45, 2.75) is 51.4 Å². The van der Waals surface area contributed by atoms with Gasteiger partial charge in [0.15, 0.2) is 0 Å². The van der Waals surface area contributed by atoms with Gasteiger partial charge in [-0.1, -0.05) is 22.9 Å². The Labute approximate surface area is 112 Å². The normalized spacial score (nSPS) is 12.1. The fourth-order valence-electron chi connectivity index (χ4n) is 1.79. The number of alkyl halides is 1. The summed E-state index contributed by atoms with van der Waals surface area (Å²) in [6, 6.07) is 0. The Bertz CT molecular complexity index is 344. The standard InChI is InChI=1S/C12H22BrN3O/c1-5-7-17-8-6-10-14-15-11(9-13)16(10)12(2,3)4/h5-9H2,1-4H3. The SMILES string of the molecule is CCCOCCc1nnc(CBr)n1C(C)(C)C. The van der Waals surface area contributed by atoms with Crippen LogP contribution in [0.3, 0.4) is 0 Å². The molecule has 0 fully saturated rings.